The summed E-state index contributed by atoms with van der Waals surface area (Å²) in [6.45, 7) is 0.342. The first-order valence-electron chi connectivity index (χ1n) is 4.59. The van der Waals surface area contributed by atoms with E-state index in [4.69, 9.17) is 10.5 Å². The summed E-state index contributed by atoms with van der Waals surface area (Å²) in [4.78, 5) is 0. The molecule has 0 heterocycles. The Labute approximate surface area is 91.0 Å². The molecule has 0 saturated carbocycles. The van der Waals surface area contributed by atoms with Crippen molar-refractivity contribution in [1.29, 1.82) is 0 Å². The molecule has 1 aromatic rings. The van der Waals surface area contributed by atoms with E-state index in [-0.39, 0.29) is 5.75 Å². The van der Waals surface area contributed by atoms with Gasteiger partial charge in [0.05, 0.1) is 0 Å². The van der Waals surface area contributed by atoms with Gasteiger partial charge in [0.2, 0.25) is 0 Å². The standard InChI is InChI=1S/C10H12F3NO2/c1-7(14)16-9-4-2-8(3-5-9)15-6-10(11,12)13/h2-5,7H,6,14H2,1H3. The van der Waals surface area contributed by atoms with Crippen molar-refractivity contribution in [3.05, 3.63) is 24.3 Å². The third-order valence-corrected chi connectivity index (χ3v) is 1.55. The first-order chi connectivity index (χ1) is 7.37. The highest BCUT2D eigenvalue weighted by Gasteiger charge is 2.28. The van der Waals surface area contributed by atoms with Crippen molar-refractivity contribution in [1.82, 2.24) is 0 Å². The number of ether oxygens (including phenoxy) is 2. The van der Waals surface area contributed by atoms with Crippen LogP contribution in [0, 0.1) is 0 Å². The smallest absolute Gasteiger partial charge is 0.422 e. The van der Waals surface area contributed by atoms with E-state index in [0.717, 1.165) is 0 Å². The normalized spacial score (nSPS) is 13.3. The number of hydrogen-bond acceptors (Lipinski definition) is 3. The van der Waals surface area contributed by atoms with Crippen LogP contribution < -0.4 is 15.2 Å². The summed E-state index contributed by atoms with van der Waals surface area (Å²) in [6, 6.07) is 5.77. The molecule has 0 saturated heterocycles. The molecule has 0 aliphatic rings. The van der Waals surface area contributed by atoms with Crippen LogP contribution in [0.3, 0.4) is 0 Å². The van der Waals surface area contributed by atoms with Crippen LogP contribution in [0.2, 0.25) is 0 Å². The summed E-state index contributed by atoms with van der Waals surface area (Å²) in [5, 5.41) is 0. The van der Waals surface area contributed by atoms with Crippen molar-refractivity contribution in [3.8, 4) is 11.5 Å². The molecule has 6 heteroatoms. The van der Waals surface area contributed by atoms with E-state index in [1.54, 1.807) is 6.92 Å². The summed E-state index contributed by atoms with van der Waals surface area (Å²) < 4.78 is 45.1. The van der Waals surface area contributed by atoms with Crippen LogP contribution >= 0.6 is 0 Å². The lowest BCUT2D eigenvalue weighted by Crippen LogP contribution is -2.22. The first-order valence-corrected chi connectivity index (χ1v) is 4.59. The van der Waals surface area contributed by atoms with Crippen LogP contribution in [0.25, 0.3) is 0 Å². The van der Waals surface area contributed by atoms with Gasteiger partial charge in [0.1, 0.15) is 17.7 Å². The van der Waals surface area contributed by atoms with Crippen molar-refractivity contribution in [2.45, 2.75) is 19.3 Å². The quantitative estimate of drug-likeness (QED) is 0.814. The number of nitrogens with two attached hydrogens (primary N) is 1. The molecule has 0 fully saturated rings. The molecule has 0 spiro atoms. The van der Waals surface area contributed by atoms with Gasteiger partial charge in [-0.2, -0.15) is 13.2 Å². The van der Waals surface area contributed by atoms with Crippen LogP contribution in [0.1, 0.15) is 6.92 Å². The predicted octanol–water partition coefficient (Wildman–Crippen LogP) is 2.31. The SMILES string of the molecule is CC(N)Oc1ccc(OCC(F)(F)F)cc1. The highest BCUT2D eigenvalue weighted by atomic mass is 19.4. The molecule has 0 bridgehead atoms. The number of benzene rings is 1. The van der Waals surface area contributed by atoms with Crippen LogP contribution in [-0.2, 0) is 0 Å². The van der Waals surface area contributed by atoms with Gasteiger partial charge in [-0.25, -0.2) is 0 Å². The molecule has 1 rings (SSSR count). The Kier molecular flexibility index (Phi) is 4.00. The number of halogens is 3. The van der Waals surface area contributed by atoms with Gasteiger partial charge < -0.3 is 9.47 Å². The van der Waals surface area contributed by atoms with E-state index >= 15 is 0 Å². The highest BCUT2D eigenvalue weighted by Crippen LogP contribution is 2.21. The second-order valence-corrected chi connectivity index (χ2v) is 3.20. The van der Waals surface area contributed by atoms with E-state index in [0.29, 0.717) is 5.75 Å². The number of rotatable bonds is 4. The van der Waals surface area contributed by atoms with Gasteiger partial charge in [0.25, 0.3) is 0 Å². The summed E-state index contributed by atoms with van der Waals surface area (Å²) in [6.07, 6.45) is -4.80. The van der Waals surface area contributed by atoms with E-state index in [9.17, 15) is 13.2 Å². The van der Waals surface area contributed by atoms with Gasteiger partial charge >= 0.3 is 6.18 Å². The van der Waals surface area contributed by atoms with E-state index in [2.05, 4.69) is 4.74 Å². The molecule has 1 atom stereocenters. The zero-order valence-electron chi connectivity index (χ0n) is 8.62. The van der Waals surface area contributed by atoms with E-state index in [1.807, 2.05) is 0 Å². The number of hydrogen-bond donors (Lipinski definition) is 1. The Bertz CT molecular complexity index is 322. The molecular weight excluding hydrogens is 223 g/mol. The molecule has 2 N–H and O–H groups in total. The maximum Gasteiger partial charge on any atom is 0.422 e. The molecule has 0 aromatic heterocycles. The average molecular weight is 235 g/mol. The molecule has 16 heavy (non-hydrogen) atoms. The highest BCUT2D eigenvalue weighted by molar-refractivity contribution is 5.31. The molecule has 0 aliphatic heterocycles. The van der Waals surface area contributed by atoms with Crippen molar-refractivity contribution < 1.29 is 22.6 Å². The van der Waals surface area contributed by atoms with Crippen molar-refractivity contribution in [3.63, 3.8) is 0 Å². The summed E-state index contributed by atoms with van der Waals surface area (Å²) >= 11 is 0. The third-order valence-electron chi connectivity index (χ3n) is 1.55. The molecule has 1 unspecified atom stereocenters. The Hall–Kier alpha value is -1.43. The van der Waals surface area contributed by atoms with Crippen molar-refractivity contribution in [2.75, 3.05) is 6.61 Å². The Morgan fingerprint density at radius 2 is 1.69 bits per heavy atom. The fourth-order valence-corrected chi connectivity index (χ4v) is 0.994. The van der Waals surface area contributed by atoms with Crippen molar-refractivity contribution in [2.24, 2.45) is 5.73 Å². The Morgan fingerprint density at radius 3 is 2.12 bits per heavy atom. The predicted molar refractivity (Wildman–Crippen MR) is 52.3 cm³/mol. The maximum atomic E-state index is 11.8. The molecule has 90 valence electrons. The third kappa shape index (κ3) is 4.88. The van der Waals surface area contributed by atoms with Crippen LogP contribution in [0.4, 0.5) is 13.2 Å². The van der Waals surface area contributed by atoms with E-state index < -0.39 is 19.0 Å². The van der Waals surface area contributed by atoms with Crippen LogP contribution in [0.5, 0.6) is 11.5 Å². The zero-order chi connectivity index (χ0) is 12.2. The molecule has 0 amide bonds. The summed E-state index contributed by atoms with van der Waals surface area (Å²) in [7, 11) is 0. The largest absolute Gasteiger partial charge is 0.484 e. The fraction of sp³-hybridized carbons (Fsp3) is 0.400. The lowest BCUT2D eigenvalue weighted by molar-refractivity contribution is -0.153. The zero-order valence-corrected chi connectivity index (χ0v) is 8.62. The molecular formula is C10H12F3NO2. The Morgan fingerprint density at radius 1 is 1.19 bits per heavy atom. The van der Waals surface area contributed by atoms with Crippen LogP contribution in [-0.4, -0.2) is 19.0 Å². The number of alkyl halides is 3. The second-order valence-electron chi connectivity index (χ2n) is 3.20. The Balaban J connectivity index is 2.51. The van der Waals surface area contributed by atoms with Gasteiger partial charge in [-0.3, -0.25) is 5.73 Å². The minimum atomic E-state index is -4.33. The maximum absolute atomic E-state index is 11.8. The van der Waals surface area contributed by atoms with Crippen molar-refractivity contribution >= 4 is 0 Å². The minimum absolute atomic E-state index is 0.134. The molecule has 3 nitrogen and oxygen atoms in total. The molecule has 0 radical (unpaired) electrons. The molecule has 0 aliphatic carbocycles. The van der Waals surface area contributed by atoms with Gasteiger partial charge in [0.15, 0.2) is 6.61 Å². The topological polar surface area (TPSA) is 44.5 Å². The summed E-state index contributed by atoms with van der Waals surface area (Å²) in [5.41, 5.74) is 5.38. The minimum Gasteiger partial charge on any atom is -0.484 e. The van der Waals surface area contributed by atoms with Gasteiger partial charge in [-0.05, 0) is 31.2 Å². The fourth-order valence-electron chi connectivity index (χ4n) is 0.994. The summed E-state index contributed by atoms with van der Waals surface area (Å²) in [5.74, 6) is 0.615. The van der Waals surface area contributed by atoms with Crippen LogP contribution in [0.15, 0.2) is 24.3 Å². The second kappa shape index (κ2) is 5.07. The lowest BCUT2D eigenvalue weighted by atomic mass is 10.3. The molecule has 1 aromatic carbocycles. The van der Waals surface area contributed by atoms with Gasteiger partial charge in [-0.15, -0.1) is 0 Å². The monoisotopic (exact) mass is 235 g/mol. The van der Waals surface area contributed by atoms with Gasteiger partial charge in [0, 0.05) is 0 Å². The first kappa shape index (κ1) is 12.6. The average Bonchev–Trinajstić information content (AvgIpc) is 2.14. The van der Waals surface area contributed by atoms with E-state index in [1.165, 1.54) is 24.3 Å². The van der Waals surface area contributed by atoms with Gasteiger partial charge in [-0.1, -0.05) is 0 Å². The lowest BCUT2D eigenvalue weighted by Gasteiger charge is -2.11.